The van der Waals surface area contributed by atoms with E-state index in [1.165, 1.54) is 0 Å². The second-order valence-electron chi connectivity index (χ2n) is 3.84. The minimum absolute atomic E-state index is 0.644. The lowest BCUT2D eigenvalue weighted by molar-refractivity contribution is 0.123. The molecule has 0 amide bonds. The lowest BCUT2D eigenvalue weighted by atomic mass is 10.5. The molecule has 20 heavy (non-hydrogen) atoms. The van der Waals surface area contributed by atoms with E-state index in [2.05, 4.69) is 0 Å². The van der Waals surface area contributed by atoms with Gasteiger partial charge in [0.25, 0.3) is 0 Å². The molecule has 0 aliphatic rings. The van der Waals surface area contributed by atoms with E-state index < -0.39 is 17.6 Å². The Kier molecular flexibility index (Phi) is 14.4. The van der Waals surface area contributed by atoms with E-state index in [0.717, 1.165) is 18.5 Å². The summed E-state index contributed by atoms with van der Waals surface area (Å²) in [4.78, 5) is 0. The molecule has 124 valence electrons. The van der Waals surface area contributed by atoms with Gasteiger partial charge in [-0.3, -0.25) is 0 Å². The molecule has 0 radical (unpaired) electrons. The van der Waals surface area contributed by atoms with Crippen molar-refractivity contribution in [1.82, 2.24) is 0 Å². The molecule has 0 saturated heterocycles. The van der Waals surface area contributed by atoms with Crippen molar-refractivity contribution in [2.45, 2.75) is 25.4 Å². The summed E-state index contributed by atoms with van der Waals surface area (Å²) in [6.07, 6.45) is 0.877. The third-order valence-corrected chi connectivity index (χ3v) is 8.55. The molecule has 0 aromatic heterocycles. The Hall–Kier alpha value is 0.154. The molecule has 0 aliphatic carbocycles. The summed E-state index contributed by atoms with van der Waals surface area (Å²) in [5.74, 6) is 0. The molecule has 0 fully saturated rings. The number of rotatable bonds is 10. The van der Waals surface area contributed by atoms with E-state index in [9.17, 15) is 0 Å². The first kappa shape index (κ1) is 22.4. The van der Waals surface area contributed by atoms with Crippen LogP contribution in [0.5, 0.6) is 0 Å². The first-order chi connectivity index (χ1) is 9.49. The van der Waals surface area contributed by atoms with Crippen LogP contribution in [0.1, 0.15) is 13.3 Å². The zero-order chi connectivity index (χ0) is 16.1. The molecule has 2 N–H and O–H groups in total. The lowest BCUT2D eigenvalue weighted by Crippen LogP contribution is -2.42. The molecule has 0 unspecified atom stereocenters. The van der Waals surface area contributed by atoms with E-state index in [1.54, 1.807) is 42.7 Å². The Morgan fingerprint density at radius 3 is 1.20 bits per heavy atom. The summed E-state index contributed by atoms with van der Waals surface area (Å²) in [7, 11) is 5.15. The van der Waals surface area contributed by atoms with Crippen LogP contribution in [0.25, 0.3) is 0 Å². The summed E-state index contributed by atoms with van der Waals surface area (Å²) in [6, 6.07) is 1.60. The van der Waals surface area contributed by atoms with Gasteiger partial charge in [0.05, 0.1) is 0 Å². The topological polar surface area (TPSA) is 81.4 Å². The fraction of sp³-hybridized carbons (Fsp3) is 1.00. The normalized spacial score (nSPS) is 12.0. The van der Waals surface area contributed by atoms with Gasteiger partial charge in [0.2, 0.25) is 0 Å². The molecule has 0 saturated carbocycles. The second kappa shape index (κ2) is 12.9. The van der Waals surface area contributed by atoms with Crippen LogP contribution in [0, 0.1) is 0 Å². The van der Waals surface area contributed by atoms with Crippen molar-refractivity contribution in [1.29, 1.82) is 0 Å². The van der Waals surface area contributed by atoms with Crippen molar-refractivity contribution in [2.24, 2.45) is 5.73 Å². The maximum Gasteiger partial charge on any atom is 0.500 e. The van der Waals surface area contributed by atoms with Gasteiger partial charge < -0.3 is 32.3 Å². The Labute approximate surface area is 125 Å². The molecule has 0 aliphatic heterocycles. The Morgan fingerprint density at radius 1 is 0.700 bits per heavy atom. The predicted octanol–water partition coefficient (Wildman–Crippen LogP) is 1.10. The van der Waals surface area contributed by atoms with Gasteiger partial charge >= 0.3 is 17.6 Å². The quantitative estimate of drug-likeness (QED) is 0.601. The van der Waals surface area contributed by atoms with Gasteiger partial charge in [-0.15, -0.1) is 0 Å². The van der Waals surface area contributed by atoms with Gasteiger partial charge in [-0.1, -0.05) is 6.92 Å². The molecular formula is C11H31NO6Si2. The van der Waals surface area contributed by atoms with E-state index in [1.807, 2.05) is 6.92 Å². The second-order valence-corrected chi connectivity index (χ2v) is 10.2. The highest BCUT2D eigenvalue weighted by atomic mass is 28.4. The fourth-order valence-electron chi connectivity index (χ4n) is 1.56. The summed E-state index contributed by atoms with van der Waals surface area (Å²) < 4.78 is 30.8. The largest absolute Gasteiger partial charge is 0.500 e. The van der Waals surface area contributed by atoms with Gasteiger partial charge in [-0.05, 0) is 13.0 Å². The van der Waals surface area contributed by atoms with Crippen LogP contribution in [0.15, 0.2) is 0 Å². The highest BCUT2D eigenvalue weighted by Gasteiger charge is 2.36. The van der Waals surface area contributed by atoms with Gasteiger partial charge in [0, 0.05) is 54.7 Å². The first-order valence-corrected chi connectivity index (χ1v) is 10.4. The molecule has 0 atom stereocenters. The van der Waals surface area contributed by atoms with Gasteiger partial charge in [-0.25, -0.2) is 0 Å². The molecule has 0 heterocycles. The van der Waals surface area contributed by atoms with Crippen molar-refractivity contribution in [3.63, 3.8) is 0 Å². The Bertz CT molecular complexity index is 189. The molecule has 0 spiro atoms. The van der Waals surface area contributed by atoms with E-state index in [4.69, 9.17) is 32.3 Å². The van der Waals surface area contributed by atoms with Crippen LogP contribution in [0.2, 0.25) is 12.1 Å². The third kappa shape index (κ3) is 7.81. The van der Waals surface area contributed by atoms with Crippen molar-refractivity contribution < 1.29 is 26.6 Å². The molecule has 0 rings (SSSR count). The molecule has 7 nitrogen and oxygen atoms in total. The highest BCUT2D eigenvalue weighted by Crippen LogP contribution is 2.13. The van der Waals surface area contributed by atoms with E-state index in [-0.39, 0.29) is 0 Å². The average Bonchev–Trinajstić information content (AvgIpc) is 2.53. The van der Waals surface area contributed by atoms with Crippen LogP contribution < -0.4 is 5.73 Å². The zero-order valence-electron chi connectivity index (χ0n) is 13.9. The number of nitrogens with two attached hydrogens (primary N) is 1. The Balaban J connectivity index is 0. The standard InChI is InChI=1S/C6H17NO3Si.C5H14O3Si/c1-8-11(9-2,10-3)6-4-5-7;1-5-9(6-2,7-3)8-4/h4-7H2,1-3H3;5H2,1-4H3. The minimum Gasteiger partial charge on any atom is -0.377 e. The van der Waals surface area contributed by atoms with E-state index >= 15 is 0 Å². The molecule has 0 bridgehead atoms. The molecular weight excluding hydrogens is 298 g/mol. The van der Waals surface area contributed by atoms with Crippen molar-refractivity contribution in [2.75, 3.05) is 49.2 Å². The number of hydrogen-bond acceptors (Lipinski definition) is 7. The summed E-state index contributed by atoms with van der Waals surface area (Å²) in [5, 5.41) is 0. The zero-order valence-corrected chi connectivity index (χ0v) is 15.9. The van der Waals surface area contributed by atoms with Crippen LogP contribution in [-0.4, -0.2) is 66.8 Å². The van der Waals surface area contributed by atoms with Crippen molar-refractivity contribution in [3.8, 4) is 0 Å². The molecule has 0 aromatic carbocycles. The minimum atomic E-state index is -2.32. The van der Waals surface area contributed by atoms with Crippen molar-refractivity contribution in [3.05, 3.63) is 0 Å². The van der Waals surface area contributed by atoms with Crippen LogP contribution in [0.3, 0.4) is 0 Å². The monoisotopic (exact) mass is 329 g/mol. The summed E-state index contributed by atoms with van der Waals surface area (Å²) in [6.45, 7) is 2.63. The fourth-order valence-corrected chi connectivity index (χ4v) is 4.67. The summed E-state index contributed by atoms with van der Waals surface area (Å²) >= 11 is 0. The molecule has 0 aromatic rings. The van der Waals surface area contributed by atoms with Gasteiger partial charge in [0.1, 0.15) is 0 Å². The maximum absolute atomic E-state index is 5.36. The van der Waals surface area contributed by atoms with Crippen LogP contribution in [0.4, 0.5) is 0 Å². The van der Waals surface area contributed by atoms with Gasteiger partial charge in [-0.2, -0.15) is 0 Å². The third-order valence-electron chi connectivity index (χ3n) is 2.99. The SMILES string of the molecule is CC[Si](OC)(OC)OC.CO[Si](CCCN)(OC)OC. The Morgan fingerprint density at radius 2 is 1.05 bits per heavy atom. The van der Waals surface area contributed by atoms with Crippen LogP contribution >= 0.6 is 0 Å². The predicted molar refractivity (Wildman–Crippen MR) is 82.5 cm³/mol. The first-order valence-electron chi connectivity index (χ1n) is 6.50. The molecule has 9 heteroatoms. The summed E-state index contributed by atoms with van der Waals surface area (Å²) in [5.41, 5.74) is 5.36. The number of hydrogen-bond donors (Lipinski definition) is 1. The lowest BCUT2D eigenvalue weighted by Gasteiger charge is -2.23. The maximum atomic E-state index is 5.36. The average molecular weight is 330 g/mol. The van der Waals surface area contributed by atoms with Gasteiger partial charge in [0.15, 0.2) is 0 Å². The smallest absolute Gasteiger partial charge is 0.377 e. The highest BCUT2D eigenvalue weighted by molar-refractivity contribution is 6.60. The van der Waals surface area contributed by atoms with E-state index in [0.29, 0.717) is 6.54 Å². The van der Waals surface area contributed by atoms with Crippen LogP contribution in [-0.2, 0) is 26.6 Å². The van der Waals surface area contributed by atoms with Crippen molar-refractivity contribution >= 4 is 17.6 Å².